The van der Waals surface area contributed by atoms with E-state index >= 15 is 0 Å². The summed E-state index contributed by atoms with van der Waals surface area (Å²) < 4.78 is 11.1. The van der Waals surface area contributed by atoms with Gasteiger partial charge in [0.2, 0.25) is 5.82 Å². The Kier molecular flexibility index (Phi) is 6.29. The summed E-state index contributed by atoms with van der Waals surface area (Å²) in [5, 5.41) is 7.42. The van der Waals surface area contributed by atoms with Crippen LogP contribution in [0, 0.1) is 13.8 Å². The molecule has 2 amide bonds. The number of carbonyl (C=O) groups is 1. The number of allylic oxidation sites excluding steroid dienone is 1. The second-order valence-corrected chi connectivity index (χ2v) is 8.96. The summed E-state index contributed by atoms with van der Waals surface area (Å²) in [5.74, 6) is 1.53. The van der Waals surface area contributed by atoms with Crippen molar-refractivity contribution in [3.63, 3.8) is 0 Å². The van der Waals surface area contributed by atoms with E-state index in [-0.39, 0.29) is 6.03 Å². The summed E-state index contributed by atoms with van der Waals surface area (Å²) in [6, 6.07) is 23.1. The largest absolute Gasteiger partial charge is 0.497 e. The highest BCUT2D eigenvalue weighted by molar-refractivity contribution is 5.87. The summed E-state index contributed by atoms with van der Waals surface area (Å²) in [6.07, 6.45) is 0. The number of nitrogens with one attached hydrogen (secondary N) is 1. The number of nitrogens with zero attached hydrogens (tertiary/aromatic N) is 3. The van der Waals surface area contributed by atoms with E-state index < -0.39 is 6.04 Å². The molecular weight excluding hydrogens is 452 g/mol. The lowest BCUT2D eigenvalue weighted by Crippen LogP contribution is -2.45. The zero-order valence-electron chi connectivity index (χ0n) is 20.8. The Balaban J connectivity index is 1.60. The number of methoxy groups -OCH3 is 1. The predicted octanol–water partition coefficient (Wildman–Crippen LogP) is 6.06. The summed E-state index contributed by atoms with van der Waals surface area (Å²) >= 11 is 0. The number of benzene rings is 3. The van der Waals surface area contributed by atoms with Gasteiger partial charge in [-0.3, -0.25) is 4.90 Å². The highest BCUT2D eigenvalue weighted by atomic mass is 16.5. The van der Waals surface area contributed by atoms with Crippen LogP contribution in [0.1, 0.15) is 41.1 Å². The minimum atomic E-state index is -0.426. The van der Waals surface area contributed by atoms with Gasteiger partial charge in [-0.1, -0.05) is 71.4 Å². The number of urea groups is 1. The molecule has 1 atom stereocenters. The monoisotopic (exact) mass is 480 g/mol. The van der Waals surface area contributed by atoms with Gasteiger partial charge in [0.1, 0.15) is 5.75 Å². The lowest BCUT2D eigenvalue weighted by atomic mass is 9.93. The van der Waals surface area contributed by atoms with Gasteiger partial charge in [0, 0.05) is 11.3 Å². The fourth-order valence-corrected chi connectivity index (χ4v) is 4.43. The van der Waals surface area contributed by atoms with E-state index in [0.29, 0.717) is 24.0 Å². The molecule has 0 fully saturated rings. The first kappa shape index (κ1) is 23.4. The van der Waals surface area contributed by atoms with Crippen LogP contribution in [-0.2, 0) is 6.54 Å². The van der Waals surface area contributed by atoms with Gasteiger partial charge in [-0.2, -0.15) is 4.98 Å². The number of carbonyl (C=O) groups excluding carboxylic acids is 1. The summed E-state index contributed by atoms with van der Waals surface area (Å²) in [4.78, 5) is 19.8. The molecule has 3 aromatic carbocycles. The van der Waals surface area contributed by atoms with Crippen LogP contribution in [0.25, 0.3) is 17.0 Å². The molecule has 36 heavy (non-hydrogen) atoms. The Morgan fingerprint density at radius 3 is 2.53 bits per heavy atom. The molecule has 0 spiro atoms. The van der Waals surface area contributed by atoms with Crippen molar-refractivity contribution in [2.75, 3.05) is 7.11 Å². The number of aromatic nitrogens is 2. The number of ether oxygens (including phenoxy) is 1. The first-order chi connectivity index (χ1) is 17.4. The van der Waals surface area contributed by atoms with Crippen LogP contribution in [0.5, 0.6) is 5.75 Å². The molecule has 1 aliphatic heterocycles. The maximum absolute atomic E-state index is 13.3. The molecule has 0 saturated carbocycles. The van der Waals surface area contributed by atoms with Crippen molar-refractivity contribution in [3.8, 4) is 17.1 Å². The first-order valence-corrected chi connectivity index (χ1v) is 11.8. The normalized spacial score (nSPS) is 15.7. The van der Waals surface area contributed by atoms with Crippen LogP contribution >= 0.6 is 0 Å². The van der Waals surface area contributed by atoms with Crippen molar-refractivity contribution in [2.24, 2.45) is 0 Å². The van der Waals surface area contributed by atoms with Gasteiger partial charge < -0.3 is 14.6 Å². The Hall–Kier alpha value is -4.39. The Morgan fingerprint density at radius 2 is 1.78 bits per heavy atom. The fourth-order valence-electron chi connectivity index (χ4n) is 4.43. The van der Waals surface area contributed by atoms with Crippen LogP contribution in [0.15, 0.2) is 83.0 Å². The van der Waals surface area contributed by atoms with Gasteiger partial charge in [0.25, 0.3) is 5.89 Å². The standard InChI is InChI=1S/C29H28N4O3/c1-18-12-14-21(15-13-18)26-25(28-31-27(32-36-28)22-10-7-11-24(16-22)35-4)20(3)33(29(34)30-26)17-23-9-6-5-8-19(23)2/h5-16,26H,17H2,1-4H3,(H,30,34). The molecule has 2 heterocycles. The van der Waals surface area contributed by atoms with E-state index in [9.17, 15) is 4.79 Å². The minimum absolute atomic E-state index is 0.169. The number of amides is 2. The van der Waals surface area contributed by atoms with Crippen molar-refractivity contribution in [3.05, 3.63) is 107 Å². The molecule has 1 unspecified atom stereocenters. The molecule has 7 heteroatoms. The Bertz CT molecular complexity index is 1440. The van der Waals surface area contributed by atoms with Gasteiger partial charge in [-0.15, -0.1) is 0 Å². The molecule has 0 saturated heterocycles. The molecular formula is C29H28N4O3. The van der Waals surface area contributed by atoms with E-state index in [1.165, 1.54) is 0 Å². The SMILES string of the molecule is COc1cccc(-c2noc(C3=C(C)N(Cc4ccccc4C)C(=O)NC3c3ccc(C)cc3)n2)c1. The van der Waals surface area contributed by atoms with E-state index in [4.69, 9.17) is 14.2 Å². The van der Waals surface area contributed by atoms with E-state index in [0.717, 1.165) is 39.1 Å². The molecule has 5 rings (SSSR count). The van der Waals surface area contributed by atoms with Gasteiger partial charge in [0.15, 0.2) is 0 Å². The summed E-state index contributed by atoms with van der Waals surface area (Å²) in [6.45, 7) is 6.45. The van der Waals surface area contributed by atoms with Crippen LogP contribution < -0.4 is 10.1 Å². The van der Waals surface area contributed by atoms with E-state index in [2.05, 4.69) is 10.5 Å². The molecule has 1 N–H and O–H groups in total. The molecule has 1 aliphatic rings. The van der Waals surface area contributed by atoms with E-state index in [1.54, 1.807) is 12.0 Å². The second kappa shape index (κ2) is 9.70. The zero-order chi connectivity index (χ0) is 25.2. The average Bonchev–Trinajstić information content (AvgIpc) is 3.37. The third kappa shape index (κ3) is 4.47. The molecule has 0 aliphatic carbocycles. The molecule has 0 radical (unpaired) electrons. The highest BCUT2D eigenvalue weighted by Gasteiger charge is 2.36. The zero-order valence-corrected chi connectivity index (χ0v) is 20.8. The van der Waals surface area contributed by atoms with E-state index in [1.807, 2.05) is 93.6 Å². The third-order valence-electron chi connectivity index (χ3n) is 6.58. The summed E-state index contributed by atoms with van der Waals surface area (Å²) in [5.41, 5.74) is 6.61. The number of rotatable bonds is 6. The van der Waals surface area contributed by atoms with Gasteiger partial charge in [-0.25, -0.2) is 4.79 Å². The van der Waals surface area contributed by atoms with Crippen molar-refractivity contribution >= 4 is 11.6 Å². The number of hydrogen-bond acceptors (Lipinski definition) is 5. The summed E-state index contributed by atoms with van der Waals surface area (Å²) in [7, 11) is 1.62. The third-order valence-corrected chi connectivity index (χ3v) is 6.58. The molecule has 0 bridgehead atoms. The topological polar surface area (TPSA) is 80.5 Å². The maximum atomic E-state index is 13.3. The van der Waals surface area contributed by atoms with Crippen molar-refractivity contribution in [2.45, 2.75) is 33.4 Å². The molecule has 182 valence electrons. The lowest BCUT2D eigenvalue weighted by molar-refractivity contribution is 0.203. The quantitative estimate of drug-likeness (QED) is 0.363. The number of hydrogen-bond donors (Lipinski definition) is 1. The Labute approximate surface area is 210 Å². The van der Waals surface area contributed by atoms with Gasteiger partial charge >= 0.3 is 6.03 Å². The Morgan fingerprint density at radius 1 is 1.00 bits per heavy atom. The molecule has 4 aromatic rings. The van der Waals surface area contributed by atoms with Crippen LogP contribution in [0.3, 0.4) is 0 Å². The van der Waals surface area contributed by atoms with Gasteiger partial charge in [-0.05, 0) is 49.6 Å². The van der Waals surface area contributed by atoms with Gasteiger partial charge in [0.05, 0.1) is 25.3 Å². The smallest absolute Gasteiger partial charge is 0.322 e. The molecule has 7 nitrogen and oxygen atoms in total. The minimum Gasteiger partial charge on any atom is -0.497 e. The van der Waals surface area contributed by atoms with Crippen molar-refractivity contribution < 1.29 is 14.1 Å². The predicted molar refractivity (Wildman–Crippen MR) is 138 cm³/mol. The number of aryl methyl sites for hydroxylation is 2. The molecule has 1 aromatic heterocycles. The maximum Gasteiger partial charge on any atom is 0.322 e. The van der Waals surface area contributed by atoms with Crippen molar-refractivity contribution in [1.82, 2.24) is 20.4 Å². The van der Waals surface area contributed by atoms with Crippen LogP contribution in [0.4, 0.5) is 4.79 Å². The second-order valence-electron chi connectivity index (χ2n) is 8.96. The van der Waals surface area contributed by atoms with Crippen LogP contribution in [0.2, 0.25) is 0 Å². The van der Waals surface area contributed by atoms with Crippen molar-refractivity contribution in [1.29, 1.82) is 0 Å². The fraction of sp³-hybridized carbons (Fsp3) is 0.207. The lowest BCUT2D eigenvalue weighted by Gasteiger charge is -2.35. The average molecular weight is 481 g/mol. The van der Waals surface area contributed by atoms with Crippen LogP contribution in [-0.4, -0.2) is 28.2 Å². The highest BCUT2D eigenvalue weighted by Crippen LogP contribution is 2.38. The first-order valence-electron chi connectivity index (χ1n) is 11.8.